The Morgan fingerprint density at radius 2 is 2.20 bits per heavy atom. The Morgan fingerprint density at radius 1 is 1.35 bits per heavy atom. The number of aryl methyl sites for hydroxylation is 3. The first-order valence-corrected chi connectivity index (χ1v) is 7.24. The first kappa shape index (κ1) is 14.8. The zero-order valence-electron chi connectivity index (χ0n) is 12.3. The molecule has 20 heavy (non-hydrogen) atoms. The van der Waals surface area contributed by atoms with Crippen molar-refractivity contribution in [3.63, 3.8) is 0 Å². The van der Waals surface area contributed by atoms with Crippen LogP contribution in [0, 0.1) is 6.92 Å². The highest BCUT2D eigenvalue weighted by atomic mass is 15.3. The van der Waals surface area contributed by atoms with E-state index in [9.17, 15) is 0 Å². The van der Waals surface area contributed by atoms with Gasteiger partial charge in [-0.05, 0) is 44.2 Å². The highest BCUT2D eigenvalue weighted by Crippen LogP contribution is 2.11. The van der Waals surface area contributed by atoms with Crippen LogP contribution in [0.3, 0.4) is 0 Å². The molecule has 0 aliphatic carbocycles. The Morgan fingerprint density at radius 3 is 2.85 bits per heavy atom. The SMILES string of the molecule is CCn1cc(CC(CCc2cccc(C)c2)NN)cn1. The highest BCUT2D eigenvalue weighted by molar-refractivity contribution is 5.22. The molecule has 1 atom stereocenters. The van der Waals surface area contributed by atoms with Crippen LogP contribution in [0.2, 0.25) is 0 Å². The summed E-state index contributed by atoms with van der Waals surface area (Å²) in [5.74, 6) is 5.68. The third-order valence-electron chi connectivity index (χ3n) is 3.59. The summed E-state index contributed by atoms with van der Waals surface area (Å²) >= 11 is 0. The molecule has 3 N–H and O–H groups in total. The lowest BCUT2D eigenvalue weighted by atomic mass is 10.0. The van der Waals surface area contributed by atoms with Crippen LogP contribution in [0.4, 0.5) is 0 Å². The van der Waals surface area contributed by atoms with Crippen LogP contribution < -0.4 is 11.3 Å². The van der Waals surface area contributed by atoms with Gasteiger partial charge in [0.15, 0.2) is 0 Å². The van der Waals surface area contributed by atoms with E-state index in [0.29, 0.717) is 0 Å². The summed E-state index contributed by atoms with van der Waals surface area (Å²) in [6.07, 6.45) is 7.01. The lowest BCUT2D eigenvalue weighted by Gasteiger charge is -2.15. The molecule has 4 heteroatoms. The van der Waals surface area contributed by atoms with E-state index in [4.69, 9.17) is 5.84 Å². The molecule has 1 aromatic carbocycles. The molecular weight excluding hydrogens is 248 g/mol. The number of rotatable bonds is 7. The van der Waals surface area contributed by atoms with E-state index < -0.39 is 0 Å². The monoisotopic (exact) mass is 272 g/mol. The first-order valence-electron chi connectivity index (χ1n) is 7.24. The van der Waals surface area contributed by atoms with Gasteiger partial charge in [0, 0.05) is 18.8 Å². The topological polar surface area (TPSA) is 55.9 Å². The number of hydrogen-bond donors (Lipinski definition) is 2. The van der Waals surface area contributed by atoms with Gasteiger partial charge in [-0.1, -0.05) is 29.8 Å². The maximum atomic E-state index is 5.68. The number of nitrogens with two attached hydrogens (primary N) is 1. The van der Waals surface area contributed by atoms with E-state index in [1.54, 1.807) is 0 Å². The van der Waals surface area contributed by atoms with Gasteiger partial charge in [-0.25, -0.2) is 0 Å². The standard InChI is InChI=1S/C16H24N4/c1-3-20-12-15(11-18-20)10-16(19-17)8-7-14-6-4-5-13(2)9-14/h4-6,9,11-12,16,19H,3,7-8,10,17H2,1-2H3. The van der Waals surface area contributed by atoms with Gasteiger partial charge in [0.1, 0.15) is 0 Å². The van der Waals surface area contributed by atoms with Crippen molar-refractivity contribution in [2.24, 2.45) is 5.84 Å². The van der Waals surface area contributed by atoms with Crippen LogP contribution in [0.5, 0.6) is 0 Å². The van der Waals surface area contributed by atoms with Crippen molar-refractivity contribution in [1.29, 1.82) is 0 Å². The van der Waals surface area contributed by atoms with Crippen molar-refractivity contribution in [3.05, 3.63) is 53.3 Å². The number of aromatic nitrogens is 2. The molecule has 0 spiro atoms. The minimum Gasteiger partial charge on any atom is -0.273 e. The molecule has 2 aromatic rings. The third kappa shape index (κ3) is 4.18. The summed E-state index contributed by atoms with van der Waals surface area (Å²) in [5, 5.41) is 4.30. The summed E-state index contributed by atoms with van der Waals surface area (Å²) in [7, 11) is 0. The van der Waals surface area contributed by atoms with Gasteiger partial charge < -0.3 is 0 Å². The second-order valence-corrected chi connectivity index (χ2v) is 5.30. The summed E-state index contributed by atoms with van der Waals surface area (Å²) in [5.41, 5.74) is 6.84. The number of benzene rings is 1. The van der Waals surface area contributed by atoms with Crippen molar-refractivity contribution in [1.82, 2.24) is 15.2 Å². The van der Waals surface area contributed by atoms with Crippen LogP contribution in [-0.2, 0) is 19.4 Å². The zero-order chi connectivity index (χ0) is 14.4. The van der Waals surface area contributed by atoms with E-state index in [0.717, 1.165) is 25.8 Å². The van der Waals surface area contributed by atoms with E-state index >= 15 is 0 Å². The van der Waals surface area contributed by atoms with E-state index in [2.05, 4.69) is 54.8 Å². The molecular formula is C16H24N4. The van der Waals surface area contributed by atoms with Crippen molar-refractivity contribution in [3.8, 4) is 0 Å². The average molecular weight is 272 g/mol. The van der Waals surface area contributed by atoms with E-state index in [1.807, 2.05) is 10.9 Å². The molecule has 0 aliphatic heterocycles. The normalized spacial score (nSPS) is 12.6. The number of nitrogens with one attached hydrogen (secondary N) is 1. The van der Waals surface area contributed by atoms with Crippen molar-refractivity contribution in [2.75, 3.05) is 0 Å². The maximum absolute atomic E-state index is 5.68. The van der Waals surface area contributed by atoms with E-state index in [-0.39, 0.29) is 6.04 Å². The Hall–Kier alpha value is -1.65. The van der Waals surface area contributed by atoms with Crippen LogP contribution in [0.25, 0.3) is 0 Å². The fourth-order valence-corrected chi connectivity index (χ4v) is 2.42. The minimum absolute atomic E-state index is 0.282. The largest absolute Gasteiger partial charge is 0.273 e. The number of hydrogen-bond acceptors (Lipinski definition) is 3. The predicted molar refractivity (Wildman–Crippen MR) is 82.2 cm³/mol. The van der Waals surface area contributed by atoms with Crippen molar-refractivity contribution < 1.29 is 0 Å². The Labute approximate surface area is 121 Å². The Kier molecular flexibility index (Phi) is 5.32. The van der Waals surface area contributed by atoms with Crippen molar-refractivity contribution in [2.45, 2.75) is 45.7 Å². The molecule has 4 nitrogen and oxygen atoms in total. The highest BCUT2D eigenvalue weighted by Gasteiger charge is 2.09. The molecule has 1 heterocycles. The van der Waals surface area contributed by atoms with Crippen LogP contribution in [-0.4, -0.2) is 15.8 Å². The van der Waals surface area contributed by atoms with Crippen LogP contribution in [0.1, 0.15) is 30.0 Å². The lowest BCUT2D eigenvalue weighted by Crippen LogP contribution is -2.37. The smallest absolute Gasteiger partial charge is 0.0522 e. The quantitative estimate of drug-likeness (QED) is 0.600. The van der Waals surface area contributed by atoms with Gasteiger partial charge in [0.25, 0.3) is 0 Å². The Balaban J connectivity index is 1.89. The van der Waals surface area contributed by atoms with Gasteiger partial charge >= 0.3 is 0 Å². The molecule has 0 aliphatic rings. The van der Waals surface area contributed by atoms with Gasteiger partial charge in [0.2, 0.25) is 0 Å². The molecule has 0 amide bonds. The second-order valence-electron chi connectivity index (χ2n) is 5.30. The van der Waals surface area contributed by atoms with Gasteiger partial charge in [-0.2, -0.15) is 5.10 Å². The third-order valence-corrected chi connectivity index (χ3v) is 3.59. The minimum atomic E-state index is 0.282. The molecule has 0 saturated carbocycles. The number of nitrogens with zero attached hydrogens (tertiary/aromatic N) is 2. The lowest BCUT2D eigenvalue weighted by molar-refractivity contribution is 0.491. The summed E-state index contributed by atoms with van der Waals surface area (Å²) in [6, 6.07) is 8.94. The van der Waals surface area contributed by atoms with Crippen LogP contribution >= 0.6 is 0 Å². The molecule has 2 rings (SSSR count). The molecule has 1 aromatic heterocycles. The number of hydrazine groups is 1. The van der Waals surface area contributed by atoms with Crippen molar-refractivity contribution >= 4 is 0 Å². The summed E-state index contributed by atoms with van der Waals surface area (Å²) in [4.78, 5) is 0. The predicted octanol–water partition coefficient (Wildman–Crippen LogP) is 2.22. The molecule has 0 fully saturated rings. The van der Waals surface area contributed by atoms with Gasteiger partial charge in [-0.3, -0.25) is 16.0 Å². The van der Waals surface area contributed by atoms with Gasteiger partial charge in [-0.15, -0.1) is 0 Å². The molecule has 0 saturated heterocycles. The summed E-state index contributed by atoms with van der Waals surface area (Å²) < 4.78 is 1.95. The Bertz CT molecular complexity index is 533. The average Bonchev–Trinajstić information content (AvgIpc) is 2.91. The first-order chi connectivity index (χ1) is 9.71. The van der Waals surface area contributed by atoms with Gasteiger partial charge in [0.05, 0.1) is 6.20 Å². The van der Waals surface area contributed by atoms with E-state index in [1.165, 1.54) is 16.7 Å². The molecule has 0 bridgehead atoms. The fraction of sp³-hybridized carbons (Fsp3) is 0.438. The second kappa shape index (κ2) is 7.22. The zero-order valence-corrected chi connectivity index (χ0v) is 12.3. The maximum Gasteiger partial charge on any atom is 0.0522 e. The molecule has 0 radical (unpaired) electrons. The molecule has 1 unspecified atom stereocenters. The van der Waals surface area contributed by atoms with Crippen LogP contribution in [0.15, 0.2) is 36.7 Å². The molecule has 108 valence electrons. The summed E-state index contributed by atoms with van der Waals surface area (Å²) in [6.45, 7) is 5.12. The fourth-order valence-electron chi connectivity index (χ4n) is 2.42.